The normalized spacial score (nSPS) is 2.00. The summed E-state index contributed by atoms with van der Waals surface area (Å²) in [5.74, 6) is 0. The molecule has 0 amide bonds. The standard InChI is InChI=1S/Ca.2ClO.Li/c;2*1-2;/q+2;2*-1;+1. The third-order valence-electron chi connectivity index (χ3n) is 0. The van der Waals surface area contributed by atoms with E-state index in [1.807, 2.05) is 0 Å². The Kier molecular flexibility index (Phi) is 213. The van der Waals surface area contributed by atoms with Gasteiger partial charge < -0.3 is 9.32 Å². The van der Waals surface area contributed by atoms with Crippen LogP contribution in [0.3, 0.4) is 0 Å². The first-order chi connectivity index (χ1) is 2.00. The molecule has 0 fully saturated rings. The number of hydrogen-bond acceptors (Lipinski definition) is 2. The van der Waals surface area contributed by atoms with Crippen molar-refractivity contribution >= 4 is 61.5 Å². The van der Waals surface area contributed by atoms with Crippen LogP contribution in [0.15, 0.2) is 0 Å². The Morgan fingerprint density at radius 1 is 0.833 bits per heavy atom. The minimum atomic E-state index is 0. The Bertz CT molecular complexity index is 11.5. The summed E-state index contributed by atoms with van der Waals surface area (Å²) in [6.07, 6.45) is 0. The van der Waals surface area contributed by atoms with E-state index in [1.165, 1.54) is 0 Å². The van der Waals surface area contributed by atoms with Gasteiger partial charge >= 0.3 is 56.6 Å². The van der Waals surface area contributed by atoms with Crippen LogP contribution in [0.4, 0.5) is 0 Å². The summed E-state index contributed by atoms with van der Waals surface area (Å²) in [5, 5.41) is 0. The molecule has 0 aromatic rings. The predicted octanol–water partition coefficient (Wildman–Crippen LogP) is -4.38. The monoisotopic (exact) mass is 149 g/mol. The third kappa shape index (κ3) is 32.8. The summed E-state index contributed by atoms with van der Waals surface area (Å²) < 4.78 is 15.4. The van der Waals surface area contributed by atoms with Gasteiger partial charge in [-0.05, 0) is 0 Å². The van der Waals surface area contributed by atoms with Crippen LogP contribution in [-0.2, 0) is 0 Å². The van der Waals surface area contributed by atoms with Crippen LogP contribution >= 0.6 is 23.7 Å². The van der Waals surface area contributed by atoms with Crippen molar-refractivity contribution in [2.45, 2.75) is 0 Å². The van der Waals surface area contributed by atoms with E-state index in [-0.39, 0.29) is 56.6 Å². The SMILES string of the molecule is [Ca+2].[Li+].[O-]Cl.[O-]Cl. The molecule has 0 aromatic heterocycles. The second-order valence-corrected chi connectivity index (χ2v) is 0. The van der Waals surface area contributed by atoms with Crippen molar-refractivity contribution in [3.05, 3.63) is 0 Å². The van der Waals surface area contributed by atoms with E-state index in [1.54, 1.807) is 0 Å². The molecular formula is CaCl2LiO2+. The summed E-state index contributed by atoms with van der Waals surface area (Å²) >= 11 is 6.78. The molecule has 6 heteroatoms. The molecule has 6 heavy (non-hydrogen) atoms. The van der Waals surface area contributed by atoms with Crippen LogP contribution in [0, 0.1) is 0 Å². The molecule has 0 N–H and O–H groups in total. The second-order valence-electron chi connectivity index (χ2n) is 0. The van der Waals surface area contributed by atoms with Crippen molar-refractivity contribution < 1.29 is 28.2 Å². The van der Waals surface area contributed by atoms with Crippen LogP contribution in [0.1, 0.15) is 0 Å². The van der Waals surface area contributed by atoms with Crippen molar-refractivity contribution in [1.29, 1.82) is 0 Å². The molecule has 0 bridgehead atoms. The number of halogens is 2. The van der Waals surface area contributed by atoms with E-state index in [0.717, 1.165) is 0 Å². The van der Waals surface area contributed by atoms with Gasteiger partial charge in [-0.15, -0.1) is 0 Å². The van der Waals surface area contributed by atoms with Gasteiger partial charge in [0.15, 0.2) is 0 Å². The van der Waals surface area contributed by atoms with Crippen molar-refractivity contribution in [3.8, 4) is 0 Å². The number of hydrogen-bond donors (Lipinski definition) is 0. The van der Waals surface area contributed by atoms with Gasteiger partial charge in [0.05, 0.1) is 0 Å². The van der Waals surface area contributed by atoms with Gasteiger partial charge in [-0.1, -0.05) is 0 Å². The molecule has 0 spiro atoms. The first-order valence-electron chi connectivity index (χ1n) is 0.309. The first kappa shape index (κ1) is 23.8. The van der Waals surface area contributed by atoms with Crippen LogP contribution in [0.5, 0.6) is 0 Å². The fraction of sp³-hybridized carbons (Fsp3) is 0. The first-order valence-corrected chi connectivity index (χ1v) is 0.926. The summed E-state index contributed by atoms with van der Waals surface area (Å²) in [5.41, 5.74) is 0. The molecule has 2 nitrogen and oxygen atoms in total. The predicted molar refractivity (Wildman–Crippen MR) is 17.5 cm³/mol. The Morgan fingerprint density at radius 3 is 0.833 bits per heavy atom. The zero-order chi connectivity index (χ0) is 4.00. The minimum Gasteiger partial charge on any atom is -0.769 e. The van der Waals surface area contributed by atoms with Gasteiger partial charge in [0.1, 0.15) is 0 Å². The third-order valence-corrected chi connectivity index (χ3v) is 0. The van der Waals surface area contributed by atoms with E-state index in [9.17, 15) is 0 Å². The number of rotatable bonds is 0. The van der Waals surface area contributed by atoms with E-state index >= 15 is 0 Å². The van der Waals surface area contributed by atoms with Gasteiger partial charge in [0.2, 0.25) is 0 Å². The zero-order valence-corrected chi connectivity index (χ0v) is 7.00. The molecule has 0 radical (unpaired) electrons. The molecule has 0 rings (SSSR count). The summed E-state index contributed by atoms with van der Waals surface area (Å²) in [7, 11) is 0. The smallest absolute Gasteiger partial charge is 0.769 e. The van der Waals surface area contributed by atoms with Crippen molar-refractivity contribution in [2.75, 3.05) is 0 Å². The molecule has 0 aliphatic carbocycles. The van der Waals surface area contributed by atoms with Crippen LogP contribution in [0.25, 0.3) is 0 Å². The quantitative estimate of drug-likeness (QED) is 0.327. The van der Waals surface area contributed by atoms with Gasteiger partial charge in [-0.2, -0.15) is 0 Å². The topological polar surface area (TPSA) is 46.1 Å². The fourth-order valence-corrected chi connectivity index (χ4v) is 0. The van der Waals surface area contributed by atoms with E-state index in [2.05, 4.69) is 23.7 Å². The van der Waals surface area contributed by atoms with E-state index in [0.29, 0.717) is 0 Å². The van der Waals surface area contributed by atoms with Crippen LogP contribution in [-0.4, -0.2) is 37.7 Å². The molecular weight excluding hydrogens is 150 g/mol. The van der Waals surface area contributed by atoms with E-state index < -0.39 is 0 Å². The largest absolute Gasteiger partial charge is 2.00 e. The minimum absolute atomic E-state index is 0. The average Bonchev–Trinajstić information content (AvgIpc) is 1.50. The molecule has 0 aliphatic rings. The Labute approximate surface area is 88.3 Å². The summed E-state index contributed by atoms with van der Waals surface area (Å²) in [6, 6.07) is 0. The maximum Gasteiger partial charge on any atom is 2.00 e. The van der Waals surface area contributed by atoms with Gasteiger partial charge in [-0.25, -0.2) is 23.7 Å². The average molecular weight is 150 g/mol. The second kappa shape index (κ2) is 53.5. The fourth-order valence-electron chi connectivity index (χ4n) is 0. The maximum atomic E-state index is 7.72. The van der Waals surface area contributed by atoms with Gasteiger partial charge in [-0.3, -0.25) is 0 Å². The van der Waals surface area contributed by atoms with Gasteiger partial charge in [0, 0.05) is 0 Å². The maximum absolute atomic E-state index is 7.72. The molecule has 28 valence electrons. The van der Waals surface area contributed by atoms with Gasteiger partial charge in [0.25, 0.3) is 0 Å². The van der Waals surface area contributed by atoms with Crippen LogP contribution in [0.2, 0.25) is 0 Å². The molecule has 0 aliphatic heterocycles. The molecule has 0 atom stereocenters. The molecule has 0 aromatic carbocycles. The van der Waals surface area contributed by atoms with E-state index in [4.69, 9.17) is 9.32 Å². The van der Waals surface area contributed by atoms with Crippen molar-refractivity contribution in [3.63, 3.8) is 0 Å². The van der Waals surface area contributed by atoms with Crippen molar-refractivity contribution in [2.24, 2.45) is 0 Å². The summed E-state index contributed by atoms with van der Waals surface area (Å²) in [4.78, 5) is 0. The summed E-state index contributed by atoms with van der Waals surface area (Å²) in [6.45, 7) is 0. The van der Waals surface area contributed by atoms with Crippen LogP contribution < -0.4 is 28.2 Å². The molecule has 0 unspecified atom stereocenters. The molecule has 0 saturated heterocycles. The zero-order valence-electron chi connectivity index (χ0n) is 3.28. The van der Waals surface area contributed by atoms with Crippen molar-refractivity contribution in [1.82, 2.24) is 0 Å². The Balaban J connectivity index is -0.00000000500. The Morgan fingerprint density at radius 2 is 0.833 bits per heavy atom. The molecule has 0 heterocycles. The Hall–Kier alpha value is 2.36. The molecule has 0 saturated carbocycles.